The lowest BCUT2D eigenvalue weighted by atomic mass is 9.84. The zero-order valence-electron chi connectivity index (χ0n) is 18.1. The van der Waals surface area contributed by atoms with Gasteiger partial charge in [-0.1, -0.05) is 18.2 Å². The van der Waals surface area contributed by atoms with Crippen LogP contribution in [0.4, 0.5) is 10.5 Å². The minimum Gasteiger partial charge on any atom is -0.465 e. The zero-order chi connectivity index (χ0) is 23.1. The van der Waals surface area contributed by atoms with Crippen molar-refractivity contribution in [2.45, 2.75) is 44.2 Å². The van der Waals surface area contributed by atoms with E-state index in [2.05, 4.69) is 17.0 Å². The summed E-state index contributed by atoms with van der Waals surface area (Å²) in [7, 11) is 0. The molecule has 1 aliphatic carbocycles. The molecule has 0 bridgehead atoms. The molecule has 3 amide bonds. The largest absolute Gasteiger partial charge is 0.465 e. The fraction of sp³-hybridized carbons (Fsp3) is 0.591. The Labute approximate surface area is 187 Å². The summed E-state index contributed by atoms with van der Waals surface area (Å²) in [6.07, 6.45) is -0.502. The molecule has 0 unspecified atom stereocenters. The van der Waals surface area contributed by atoms with E-state index in [0.717, 1.165) is 23.7 Å². The molecule has 1 aromatic rings. The number of hydroxylamine groups is 1. The summed E-state index contributed by atoms with van der Waals surface area (Å²) in [6.45, 7) is 2.71. The molecule has 2 aliphatic rings. The monoisotopic (exact) mass is 448 g/mol. The van der Waals surface area contributed by atoms with Crippen LogP contribution < -0.4 is 10.4 Å². The van der Waals surface area contributed by atoms with Gasteiger partial charge in [0.25, 0.3) is 0 Å². The first-order valence-electron chi connectivity index (χ1n) is 11.1. The third kappa shape index (κ3) is 6.10. The maximum Gasteiger partial charge on any atom is 0.407 e. The minimum absolute atomic E-state index is 0.115. The molecule has 1 aromatic carbocycles. The first kappa shape index (κ1) is 23.8. The van der Waals surface area contributed by atoms with Crippen LogP contribution in [0.2, 0.25) is 0 Å². The lowest BCUT2D eigenvalue weighted by Gasteiger charge is -2.40. The zero-order valence-corrected chi connectivity index (χ0v) is 18.1. The van der Waals surface area contributed by atoms with Crippen LogP contribution in [0, 0.1) is 5.92 Å². The van der Waals surface area contributed by atoms with Gasteiger partial charge in [-0.05, 0) is 37.8 Å². The average molecular weight is 449 g/mol. The Morgan fingerprint density at radius 3 is 2.22 bits per heavy atom. The highest BCUT2D eigenvalue weighted by Crippen LogP contribution is 2.30. The van der Waals surface area contributed by atoms with Gasteiger partial charge < -0.3 is 24.9 Å². The smallest absolute Gasteiger partial charge is 0.407 e. The molecular weight excluding hydrogens is 416 g/mol. The third-order valence-corrected chi connectivity index (χ3v) is 6.40. The van der Waals surface area contributed by atoms with Gasteiger partial charge in [0.15, 0.2) is 0 Å². The molecule has 0 spiro atoms. The van der Waals surface area contributed by atoms with E-state index in [1.165, 1.54) is 5.48 Å². The second-order valence-electron chi connectivity index (χ2n) is 8.48. The second kappa shape index (κ2) is 11.1. The van der Waals surface area contributed by atoms with Gasteiger partial charge in [-0.15, -0.1) is 0 Å². The van der Waals surface area contributed by atoms with E-state index in [9.17, 15) is 24.6 Å². The Balaban J connectivity index is 1.47. The molecule has 1 atom stereocenters. The van der Waals surface area contributed by atoms with Gasteiger partial charge in [-0.3, -0.25) is 14.8 Å². The lowest BCUT2D eigenvalue weighted by Crippen LogP contribution is -2.52. The number of carbonyl (C=O) groups excluding carboxylic acids is 2. The van der Waals surface area contributed by atoms with Crippen molar-refractivity contribution in [1.29, 1.82) is 0 Å². The normalized spacial score (nSPS) is 22.2. The number of carbonyl (C=O) groups is 3. The summed E-state index contributed by atoms with van der Waals surface area (Å²) in [5.74, 6) is -0.752. The Hall–Kier alpha value is -2.85. The number of piperazine rings is 1. The summed E-state index contributed by atoms with van der Waals surface area (Å²) < 4.78 is 0. The van der Waals surface area contributed by atoms with Crippen molar-refractivity contribution in [2.75, 3.05) is 37.6 Å². The number of rotatable bonds is 7. The maximum atomic E-state index is 13.0. The van der Waals surface area contributed by atoms with Crippen LogP contribution in [0.25, 0.3) is 0 Å². The van der Waals surface area contributed by atoms with Gasteiger partial charge in [0, 0.05) is 43.8 Å². The molecule has 3 rings (SSSR count). The second-order valence-corrected chi connectivity index (χ2v) is 8.48. The van der Waals surface area contributed by atoms with Gasteiger partial charge in [-0.25, -0.2) is 10.3 Å². The van der Waals surface area contributed by atoms with Crippen LogP contribution in [-0.2, 0) is 9.59 Å². The number of aliphatic hydroxyl groups excluding tert-OH is 1. The fourth-order valence-electron chi connectivity index (χ4n) is 4.65. The molecule has 1 saturated heterocycles. The first-order valence-corrected chi connectivity index (χ1v) is 11.1. The van der Waals surface area contributed by atoms with Crippen molar-refractivity contribution in [3.8, 4) is 0 Å². The van der Waals surface area contributed by atoms with E-state index in [4.69, 9.17) is 5.21 Å². The number of amides is 3. The van der Waals surface area contributed by atoms with E-state index in [0.29, 0.717) is 38.8 Å². The molecule has 1 heterocycles. The number of hydrogen-bond donors (Lipinski definition) is 4. The summed E-state index contributed by atoms with van der Waals surface area (Å²) in [4.78, 5) is 41.2. The molecule has 1 aliphatic heterocycles. The highest BCUT2D eigenvalue weighted by atomic mass is 16.5. The molecule has 2 fully saturated rings. The SMILES string of the molecule is O=C(C[C@@H](O)CN(C(=O)O)[C@H]1CC[C@H](C(=O)N2CCN(c3ccccc3)CC2)CC1)NO. The molecule has 32 heavy (non-hydrogen) atoms. The predicted octanol–water partition coefficient (Wildman–Crippen LogP) is 1.13. The van der Waals surface area contributed by atoms with Gasteiger partial charge in [0.2, 0.25) is 11.8 Å². The van der Waals surface area contributed by atoms with Crippen molar-refractivity contribution in [3.63, 3.8) is 0 Å². The summed E-state index contributed by atoms with van der Waals surface area (Å²) >= 11 is 0. The van der Waals surface area contributed by atoms with Crippen LogP contribution in [0.5, 0.6) is 0 Å². The lowest BCUT2D eigenvalue weighted by molar-refractivity contribution is -0.137. The van der Waals surface area contributed by atoms with E-state index in [-0.39, 0.29) is 30.8 Å². The predicted molar refractivity (Wildman–Crippen MR) is 116 cm³/mol. The Morgan fingerprint density at radius 2 is 1.66 bits per heavy atom. The number of nitrogens with zero attached hydrogens (tertiary/aromatic N) is 3. The van der Waals surface area contributed by atoms with Gasteiger partial charge in [0.05, 0.1) is 19.1 Å². The van der Waals surface area contributed by atoms with E-state index in [1.54, 1.807) is 0 Å². The van der Waals surface area contributed by atoms with Crippen LogP contribution >= 0.6 is 0 Å². The Kier molecular flexibility index (Phi) is 8.29. The number of carboxylic acid groups (broad SMARTS) is 1. The number of aliphatic hydroxyl groups is 1. The van der Waals surface area contributed by atoms with Crippen molar-refractivity contribution in [1.82, 2.24) is 15.3 Å². The fourth-order valence-corrected chi connectivity index (χ4v) is 4.65. The Morgan fingerprint density at radius 1 is 1.03 bits per heavy atom. The van der Waals surface area contributed by atoms with Gasteiger partial charge in [-0.2, -0.15) is 0 Å². The standard InChI is InChI=1S/C22H32N4O6/c27-19(14-20(28)23-32)15-26(22(30)31)18-8-6-16(7-9-18)21(29)25-12-10-24(11-13-25)17-4-2-1-3-5-17/h1-5,16,18-19,27,32H,6-15H2,(H,23,28)(H,30,31)/t16-,18-,19-/m1/s1. The molecule has 1 saturated carbocycles. The average Bonchev–Trinajstić information content (AvgIpc) is 2.82. The van der Waals surface area contributed by atoms with E-state index >= 15 is 0 Å². The van der Waals surface area contributed by atoms with Crippen LogP contribution in [0.1, 0.15) is 32.1 Å². The van der Waals surface area contributed by atoms with Crippen LogP contribution in [-0.4, -0.2) is 88.0 Å². The summed E-state index contributed by atoms with van der Waals surface area (Å²) in [5.41, 5.74) is 2.59. The number of para-hydroxylation sites is 1. The molecule has 10 heteroatoms. The number of hydrogen-bond acceptors (Lipinski definition) is 6. The topological polar surface area (TPSA) is 134 Å². The number of anilines is 1. The number of benzene rings is 1. The first-order chi connectivity index (χ1) is 15.4. The molecule has 176 valence electrons. The summed E-state index contributed by atoms with van der Waals surface area (Å²) in [5, 5.41) is 28.1. The molecular formula is C22H32N4O6. The summed E-state index contributed by atoms with van der Waals surface area (Å²) in [6, 6.07) is 9.83. The van der Waals surface area contributed by atoms with Crippen molar-refractivity contribution >= 4 is 23.6 Å². The van der Waals surface area contributed by atoms with Gasteiger partial charge in [0.1, 0.15) is 0 Å². The third-order valence-electron chi connectivity index (χ3n) is 6.40. The molecule has 0 aromatic heterocycles. The molecule has 0 radical (unpaired) electrons. The van der Waals surface area contributed by atoms with Crippen molar-refractivity contribution < 1.29 is 29.8 Å². The van der Waals surface area contributed by atoms with E-state index in [1.807, 2.05) is 23.1 Å². The molecule has 10 nitrogen and oxygen atoms in total. The van der Waals surface area contributed by atoms with Crippen molar-refractivity contribution in [3.05, 3.63) is 30.3 Å². The van der Waals surface area contributed by atoms with E-state index < -0.39 is 18.1 Å². The molecule has 4 N–H and O–H groups in total. The highest BCUT2D eigenvalue weighted by Gasteiger charge is 2.35. The number of nitrogens with one attached hydrogen (secondary N) is 1. The van der Waals surface area contributed by atoms with Crippen molar-refractivity contribution in [2.24, 2.45) is 5.92 Å². The Bertz CT molecular complexity index is 776. The minimum atomic E-state index is -1.21. The highest BCUT2D eigenvalue weighted by molar-refractivity contribution is 5.79. The van der Waals surface area contributed by atoms with Gasteiger partial charge >= 0.3 is 6.09 Å². The van der Waals surface area contributed by atoms with Crippen LogP contribution in [0.15, 0.2) is 30.3 Å². The van der Waals surface area contributed by atoms with Crippen LogP contribution in [0.3, 0.4) is 0 Å². The maximum absolute atomic E-state index is 13.0. The quantitative estimate of drug-likeness (QED) is 0.363.